The van der Waals surface area contributed by atoms with Crippen LogP contribution in [0.1, 0.15) is 27.7 Å². The Morgan fingerprint density at radius 2 is 2.26 bits per heavy atom. The minimum absolute atomic E-state index is 0.226. The van der Waals surface area contributed by atoms with Gasteiger partial charge in [-0.15, -0.1) is 0 Å². The third kappa shape index (κ3) is 3.31. The summed E-state index contributed by atoms with van der Waals surface area (Å²) < 4.78 is 16.3. The molecule has 0 aliphatic carbocycles. The number of hydrogen-bond donors (Lipinski definition) is 1. The van der Waals surface area contributed by atoms with Crippen LogP contribution in [0.25, 0.3) is 0 Å². The zero-order chi connectivity index (χ0) is 16.4. The molecule has 0 unspecified atom stereocenters. The number of rotatable bonds is 4. The van der Waals surface area contributed by atoms with Crippen molar-refractivity contribution in [3.05, 3.63) is 41.1 Å². The zero-order valence-corrected chi connectivity index (χ0v) is 13.5. The summed E-state index contributed by atoms with van der Waals surface area (Å²) in [5, 5.41) is 2.90. The highest BCUT2D eigenvalue weighted by atomic mass is 16.5. The number of aryl methyl sites for hydroxylation is 2. The number of methoxy groups -OCH3 is 1. The summed E-state index contributed by atoms with van der Waals surface area (Å²) in [7, 11) is 1.64. The molecule has 1 aliphatic rings. The van der Waals surface area contributed by atoms with Crippen LogP contribution in [0.2, 0.25) is 0 Å². The molecule has 6 nitrogen and oxygen atoms in total. The van der Waals surface area contributed by atoms with Crippen molar-refractivity contribution in [1.29, 1.82) is 0 Å². The van der Waals surface area contributed by atoms with Crippen molar-refractivity contribution in [3.63, 3.8) is 0 Å². The van der Waals surface area contributed by atoms with Gasteiger partial charge in [-0.1, -0.05) is 6.07 Å². The van der Waals surface area contributed by atoms with Crippen molar-refractivity contribution in [2.24, 2.45) is 5.92 Å². The monoisotopic (exact) mass is 316 g/mol. The van der Waals surface area contributed by atoms with Gasteiger partial charge in [0.2, 0.25) is 5.76 Å². The fourth-order valence-corrected chi connectivity index (χ4v) is 2.73. The van der Waals surface area contributed by atoms with Crippen molar-refractivity contribution in [2.75, 3.05) is 20.3 Å². The van der Waals surface area contributed by atoms with E-state index in [0.29, 0.717) is 24.7 Å². The second kappa shape index (κ2) is 6.32. The Morgan fingerprint density at radius 1 is 1.43 bits per heavy atom. The number of fused-ring (bicyclic) bond motifs is 1. The molecule has 23 heavy (non-hydrogen) atoms. The molecule has 2 aromatic rings. The second-order valence-electron chi connectivity index (χ2n) is 5.71. The maximum Gasteiger partial charge on any atom is 0.289 e. The van der Waals surface area contributed by atoms with Gasteiger partial charge in [-0.2, -0.15) is 0 Å². The van der Waals surface area contributed by atoms with Crippen LogP contribution >= 0.6 is 0 Å². The van der Waals surface area contributed by atoms with Gasteiger partial charge in [-0.3, -0.25) is 4.79 Å². The Labute approximate surface area is 134 Å². The molecule has 1 aliphatic heterocycles. The lowest BCUT2D eigenvalue weighted by molar-refractivity contribution is 0.0909. The summed E-state index contributed by atoms with van der Waals surface area (Å²) in [6.45, 7) is 4.58. The maximum atomic E-state index is 12.1. The van der Waals surface area contributed by atoms with E-state index in [1.54, 1.807) is 21.0 Å². The van der Waals surface area contributed by atoms with Crippen LogP contribution in [-0.2, 0) is 6.42 Å². The number of benzene rings is 1. The maximum absolute atomic E-state index is 12.1. The predicted molar refractivity (Wildman–Crippen MR) is 84.0 cm³/mol. The van der Waals surface area contributed by atoms with Crippen LogP contribution in [0.15, 0.2) is 22.6 Å². The van der Waals surface area contributed by atoms with Crippen LogP contribution in [-0.4, -0.2) is 31.2 Å². The summed E-state index contributed by atoms with van der Waals surface area (Å²) in [5.41, 5.74) is 1.74. The van der Waals surface area contributed by atoms with Gasteiger partial charge in [-0.05, 0) is 25.0 Å². The highest BCUT2D eigenvalue weighted by Crippen LogP contribution is 2.30. The Kier molecular flexibility index (Phi) is 4.23. The number of ether oxygens (including phenoxy) is 2. The van der Waals surface area contributed by atoms with Gasteiger partial charge in [0.15, 0.2) is 5.89 Å². The third-order valence-electron chi connectivity index (χ3n) is 3.92. The first-order chi connectivity index (χ1) is 11.1. The number of amides is 1. The summed E-state index contributed by atoms with van der Waals surface area (Å²) >= 11 is 0. The number of nitrogens with one attached hydrogen (secondary N) is 1. The lowest BCUT2D eigenvalue weighted by Gasteiger charge is -2.25. The normalized spacial score (nSPS) is 16.4. The molecule has 2 heterocycles. The van der Waals surface area contributed by atoms with E-state index >= 15 is 0 Å². The Bertz CT molecular complexity index is 723. The lowest BCUT2D eigenvalue weighted by Crippen LogP contribution is -2.34. The Morgan fingerprint density at radius 3 is 2.96 bits per heavy atom. The SMILES string of the molecule is COc1ccc2c(c1)OC[C@@H](CNC(=O)c1oc(C)nc1C)C2. The number of nitrogens with zero attached hydrogens (tertiary/aromatic N) is 1. The first-order valence-corrected chi connectivity index (χ1v) is 7.58. The van der Waals surface area contributed by atoms with Crippen molar-refractivity contribution in [1.82, 2.24) is 10.3 Å². The van der Waals surface area contributed by atoms with Crippen LogP contribution in [0.3, 0.4) is 0 Å². The molecule has 0 saturated carbocycles. The largest absolute Gasteiger partial charge is 0.497 e. The van der Waals surface area contributed by atoms with Gasteiger partial charge in [0.1, 0.15) is 11.5 Å². The van der Waals surface area contributed by atoms with Crippen LogP contribution < -0.4 is 14.8 Å². The molecule has 1 amide bonds. The molecular weight excluding hydrogens is 296 g/mol. The van der Waals surface area contributed by atoms with Crippen molar-refractivity contribution in [3.8, 4) is 11.5 Å². The Balaban J connectivity index is 1.59. The fraction of sp³-hybridized carbons (Fsp3) is 0.412. The van der Waals surface area contributed by atoms with E-state index < -0.39 is 0 Å². The van der Waals surface area contributed by atoms with Crippen molar-refractivity contribution in [2.45, 2.75) is 20.3 Å². The van der Waals surface area contributed by atoms with Crippen LogP contribution in [0.5, 0.6) is 11.5 Å². The minimum atomic E-state index is -0.233. The molecule has 3 rings (SSSR count). The van der Waals surface area contributed by atoms with Crippen molar-refractivity contribution < 1.29 is 18.7 Å². The number of hydrogen-bond acceptors (Lipinski definition) is 5. The summed E-state index contributed by atoms with van der Waals surface area (Å²) in [4.78, 5) is 16.3. The average molecular weight is 316 g/mol. The van der Waals surface area contributed by atoms with Crippen LogP contribution in [0.4, 0.5) is 0 Å². The second-order valence-corrected chi connectivity index (χ2v) is 5.71. The summed E-state index contributed by atoms with van der Waals surface area (Å²) in [6.07, 6.45) is 0.855. The zero-order valence-electron chi connectivity index (χ0n) is 13.5. The molecule has 6 heteroatoms. The van der Waals surface area contributed by atoms with Gasteiger partial charge in [0.25, 0.3) is 5.91 Å². The standard InChI is InChI=1S/C17H20N2O4/c1-10-16(23-11(2)19-10)17(20)18-8-12-6-13-4-5-14(21-3)7-15(13)22-9-12/h4-5,7,12H,6,8-9H2,1-3H3,(H,18,20)/t12-/m1/s1. The fourth-order valence-electron chi connectivity index (χ4n) is 2.73. The molecule has 1 aromatic carbocycles. The van der Waals surface area contributed by atoms with E-state index in [1.807, 2.05) is 18.2 Å². The van der Waals surface area contributed by atoms with E-state index in [0.717, 1.165) is 23.5 Å². The van der Waals surface area contributed by atoms with Crippen LogP contribution in [0, 0.1) is 19.8 Å². The van der Waals surface area contributed by atoms with E-state index in [4.69, 9.17) is 13.9 Å². The molecule has 1 atom stereocenters. The van der Waals surface area contributed by atoms with Gasteiger partial charge < -0.3 is 19.2 Å². The molecule has 0 spiro atoms. The molecule has 1 N–H and O–H groups in total. The quantitative estimate of drug-likeness (QED) is 0.937. The summed E-state index contributed by atoms with van der Waals surface area (Å²) in [5.74, 6) is 2.41. The highest BCUT2D eigenvalue weighted by Gasteiger charge is 2.22. The average Bonchev–Trinajstić information content (AvgIpc) is 2.90. The van der Waals surface area contributed by atoms with E-state index in [2.05, 4.69) is 10.3 Å². The van der Waals surface area contributed by atoms with Gasteiger partial charge >= 0.3 is 0 Å². The van der Waals surface area contributed by atoms with Crippen molar-refractivity contribution >= 4 is 5.91 Å². The predicted octanol–water partition coefficient (Wildman–Crippen LogP) is 2.28. The first-order valence-electron chi connectivity index (χ1n) is 7.58. The van der Waals surface area contributed by atoms with E-state index in [-0.39, 0.29) is 17.6 Å². The van der Waals surface area contributed by atoms with Gasteiger partial charge in [0, 0.05) is 25.5 Å². The number of oxazole rings is 1. The van der Waals surface area contributed by atoms with Gasteiger partial charge in [0.05, 0.1) is 19.4 Å². The number of carbonyl (C=O) groups is 1. The van der Waals surface area contributed by atoms with E-state index in [9.17, 15) is 4.79 Å². The third-order valence-corrected chi connectivity index (χ3v) is 3.92. The highest BCUT2D eigenvalue weighted by molar-refractivity contribution is 5.92. The minimum Gasteiger partial charge on any atom is -0.497 e. The number of carbonyl (C=O) groups excluding carboxylic acids is 1. The molecule has 122 valence electrons. The molecular formula is C17H20N2O4. The molecule has 0 fully saturated rings. The topological polar surface area (TPSA) is 73.6 Å². The smallest absolute Gasteiger partial charge is 0.289 e. The first kappa shape index (κ1) is 15.4. The van der Waals surface area contributed by atoms with E-state index in [1.165, 1.54) is 0 Å². The lowest BCUT2D eigenvalue weighted by atomic mass is 9.96. The summed E-state index contributed by atoms with van der Waals surface area (Å²) in [6, 6.07) is 5.82. The molecule has 0 bridgehead atoms. The molecule has 0 saturated heterocycles. The molecule has 1 aromatic heterocycles. The Hall–Kier alpha value is -2.50. The molecule has 0 radical (unpaired) electrons. The van der Waals surface area contributed by atoms with Gasteiger partial charge in [-0.25, -0.2) is 4.98 Å². The number of aromatic nitrogens is 1.